The van der Waals surface area contributed by atoms with Gasteiger partial charge in [0.25, 0.3) is 10.0 Å². The van der Waals surface area contributed by atoms with Crippen molar-refractivity contribution in [2.24, 2.45) is 0 Å². The second-order valence-electron chi connectivity index (χ2n) is 6.53. The van der Waals surface area contributed by atoms with Crippen molar-refractivity contribution in [3.63, 3.8) is 0 Å². The quantitative estimate of drug-likeness (QED) is 0.594. The molecule has 3 aromatic rings. The van der Waals surface area contributed by atoms with Crippen molar-refractivity contribution in [1.82, 2.24) is 5.16 Å². The van der Waals surface area contributed by atoms with Crippen LogP contribution in [0.1, 0.15) is 34.4 Å². The highest BCUT2D eigenvalue weighted by Gasteiger charge is 2.18. The highest BCUT2D eigenvalue weighted by Crippen LogP contribution is 2.28. The van der Waals surface area contributed by atoms with E-state index in [0.717, 1.165) is 22.5 Å². The molecule has 2 N–H and O–H groups in total. The zero-order chi connectivity index (χ0) is 21.2. The third-order valence-corrected chi connectivity index (χ3v) is 7.21. The van der Waals surface area contributed by atoms with E-state index in [2.05, 4.69) is 15.2 Å². The Kier molecular flexibility index (Phi) is 5.90. The molecule has 7 nitrogen and oxygen atoms in total. The number of thiophene rings is 1. The number of sulfonamides is 1. The summed E-state index contributed by atoms with van der Waals surface area (Å²) in [5.41, 5.74) is 3.52. The second kappa shape index (κ2) is 8.22. The molecule has 0 radical (unpaired) electrons. The van der Waals surface area contributed by atoms with Crippen LogP contribution in [0.2, 0.25) is 0 Å². The number of aromatic nitrogens is 1. The van der Waals surface area contributed by atoms with Crippen molar-refractivity contribution >= 4 is 50.8 Å². The normalized spacial score (nSPS) is 11.7. The van der Waals surface area contributed by atoms with E-state index in [-0.39, 0.29) is 10.1 Å². The number of rotatable bonds is 6. The summed E-state index contributed by atoms with van der Waals surface area (Å²) in [4.78, 5) is 12.0. The third kappa shape index (κ3) is 4.75. The molecule has 2 aromatic heterocycles. The summed E-state index contributed by atoms with van der Waals surface area (Å²) in [6.45, 7) is 6.93. The summed E-state index contributed by atoms with van der Waals surface area (Å²) in [5.74, 6) is 0.164. The Labute approximate surface area is 173 Å². The Morgan fingerprint density at radius 3 is 2.62 bits per heavy atom. The van der Waals surface area contributed by atoms with Gasteiger partial charge in [0.1, 0.15) is 15.6 Å². The van der Waals surface area contributed by atoms with Crippen LogP contribution < -0.4 is 10.0 Å². The molecule has 0 aliphatic rings. The van der Waals surface area contributed by atoms with Gasteiger partial charge in [-0.2, -0.15) is 0 Å². The number of nitrogens with zero attached hydrogens (tertiary/aromatic N) is 1. The van der Waals surface area contributed by atoms with E-state index in [1.165, 1.54) is 6.92 Å². The van der Waals surface area contributed by atoms with E-state index in [4.69, 9.17) is 4.52 Å². The number of hydrogen-bond acceptors (Lipinski definition) is 6. The number of nitrogens with one attached hydrogen (secondary N) is 2. The fraction of sp³-hybridized carbons (Fsp3) is 0.200. The molecule has 0 aliphatic heterocycles. The van der Waals surface area contributed by atoms with Crippen molar-refractivity contribution in [2.45, 2.75) is 31.9 Å². The topological polar surface area (TPSA) is 101 Å². The lowest BCUT2D eigenvalue weighted by molar-refractivity contribution is -0.114. The maximum Gasteiger partial charge on any atom is 0.271 e. The first-order valence-corrected chi connectivity index (χ1v) is 11.1. The predicted octanol–water partition coefficient (Wildman–Crippen LogP) is 4.59. The first-order valence-electron chi connectivity index (χ1n) is 8.78. The summed E-state index contributed by atoms with van der Waals surface area (Å²) in [6, 6.07) is 8.75. The van der Waals surface area contributed by atoms with Gasteiger partial charge >= 0.3 is 0 Å². The molecule has 29 heavy (non-hydrogen) atoms. The summed E-state index contributed by atoms with van der Waals surface area (Å²) in [7, 11) is -3.69. The Morgan fingerprint density at radius 1 is 1.14 bits per heavy atom. The van der Waals surface area contributed by atoms with Crippen LogP contribution in [0.15, 0.2) is 39.1 Å². The Bertz CT molecular complexity index is 1190. The number of carbonyl (C=O) groups is 1. The third-order valence-electron chi connectivity index (χ3n) is 4.31. The fourth-order valence-electron chi connectivity index (χ4n) is 2.61. The second-order valence-corrected chi connectivity index (χ2v) is 9.56. The standard InChI is InChI=1S/C20H21N3O4S2/c1-12-6-5-7-17(13(12)2)23-29(25,26)19-11-9-16(28-19)8-10-18-20(21-15(4)24)14(3)22-27-18/h5-11,23H,1-4H3,(H,21,24). The maximum absolute atomic E-state index is 12.7. The van der Waals surface area contributed by atoms with Gasteiger partial charge < -0.3 is 9.84 Å². The van der Waals surface area contributed by atoms with Gasteiger partial charge in [0, 0.05) is 11.8 Å². The molecule has 0 spiro atoms. The van der Waals surface area contributed by atoms with Crippen LogP contribution in [0.4, 0.5) is 11.4 Å². The average molecular weight is 432 g/mol. The first-order chi connectivity index (χ1) is 13.7. The number of anilines is 2. The lowest BCUT2D eigenvalue weighted by Crippen LogP contribution is -2.12. The molecule has 152 valence electrons. The molecular weight excluding hydrogens is 410 g/mol. The number of aryl methyl sites for hydroxylation is 2. The maximum atomic E-state index is 12.7. The Hall–Kier alpha value is -2.91. The molecule has 0 saturated heterocycles. The van der Waals surface area contributed by atoms with Crippen molar-refractivity contribution < 1.29 is 17.7 Å². The van der Waals surface area contributed by atoms with Gasteiger partial charge in [-0.3, -0.25) is 9.52 Å². The van der Waals surface area contributed by atoms with E-state index < -0.39 is 10.0 Å². The predicted molar refractivity (Wildman–Crippen MR) is 116 cm³/mol. The summed E-state index contributed by atoms with van der Waals surface area (Å²) in [5, 5.41) is 6.52. The van der Waals surface area contributed by atoms with E-state index in [1.807, 2.05) is 26.0 Å². The van der Waals surface area contributed by atoms with Gasteiger partial charge in [-0.15, -0.1) is 11.3 Å². The fourth-order valence-corrected chi connectivity index (χ4v) is 4.96. The smallest absolute Gasteiger partial charge is 0.271 e. The molecule has 3 rings (SSSR count). The number of amides is 1. The average Bonchev–Trinajstić information content (AvgIpc) is 3.25. The van der Waals surface area contributed by atoms with Crippen molar-refractivity contribution in [3.8, 4) is 0 Å². The van der Waals surface area contributed by atoms with E-state index in [0.29, 0.717) is 27.7 Å². The Balaban J connectivity index is 1.81. The minimum Gasteiger partial charge on any atom is -0.354 e. The highest BCUT2D eigenvalue weighted by molar-refractivity contribution is 7.94. The van der Waals surface area contributed by atoms with Crippen molar-refractivity contribution in [2.75, 3.05) is 10.0 Å². The number of hydrogen-bond donors (Lipinski definition) is 2. The highest BCUT2D eigenvalue weighted by atomic mass is 32.2. The van der Waals surface area contributed by atoms with Crippen molar-refractivity contribution in [3.05, 3.63) is 57.8 Å². The monoisotopic (exact) mass is 431 g/mol. The van der Waals surface area contributed by atoms with Crippen LogP contribution in [0, 0.1) is 20.8 Å². The van der Waals surface area contributed by atoms with Crippen LogP contribution in [-0.4, -0.2) is 19.5 Å². The molecule has 0 aliphatic carbocycles. The minimum atomic E-state index is -3.69. The van der Waals surface area contributed by atoms with Crippen LogP contribution in [0.25, 0.3) is 12.2 Å². The largest absolute Gasteiger partial charge is 0.354 e. The Morgan fingerprint density at radius 2 is 1.90 bits per heavy atom. The van der Waals surface area contributed by atoms with Gasteiger partial charge in [0.05, 0.1) is 5.69 Å². The van der Waals surface area contributed by atoms with Crippen LogP contribution in [0.3, 0.4) is 0 Å². The molecule has 2 heterocycles. The molecule has 9 heteroatoms. The van der Waals surface area contributed by atoms with E-state index in [9.17, 15) is 13.2 Å². The lowest BCUT2D eigenvalue weighted by atomic mass is 10.1. The lowest BCUT2D eigenvalue weighted by Gasteiger charge is -2.10. The summed E-state index contributed by atoms with van der Waals surface area (Å²) >= 11 is 1.13. The molecule has 0 fully saturated rings. The van der Waals surface area contributed by atoms with Gasteiger partial charge in [0.2, 0.25) is 5.91 Å². The van der Waals surface area contributed by atoms with E-state index in [1.54, 1.807) is 37.3 Å². The molecule has 1 aromatic carbocycles. The molecular formula is C20H21N3O4S2. The van der Waals surface area contributed by atoms with Crippen LogP contribution in [-0.2, 0) is 14.8 Å². The molecule has 1 amide bonds. The zero-order valence-corrected chi connectivity index (χ0v) is 18.1. The first kappa shape index (κ1) is 20.8. The van der Waals surface area contributed by atoms with Crippen molar-refractivity contribution in [1.29, 1.82) is 0 Å². The summed E-state index contributed by atoms with van der Waals surface area (Å²) < 4.78 is 33.5. The number of carbonyl (C=O) groups excluding carboxylic acids is 1. The molecule has 0 atom stereocenters. The van der Waals surface area contributed by atoms with Gasteiger partial charge in [-0.25, -0.2) is 8.42 Å². The SMILES string of the molecule is CC(=O)Nc1c(C)noc1C=Cc1ccc(S(=O)(=O)Nc2cccc(C)c2C)s1. The van der Waals surface area contributed by atoms with Gasteiger partial charge in [-0.05, 0) is 62.2 Å². The number of benzene rings is 1. The zero-order valence-electron chi connectivity index (χ0n) is 16.4. The van der Waals surface area contributed by atoms with E-state index >= 15 is 0 Å². The van der Waals surface area contributed by atoms with Crippen LogP contribution >= 0.6 is 11.3 Å². The molecule has 0 bridgehead atoms. The summed E-state index contributed by atoms with van der Waals surface area (Å²) in [6.07, 6.45) is 3.36. The molecule has 0 unspecified atom stereocenters. The van der Waals surface area contributed by atoms with Gasteiger partial charge in [0.15, 0.2) is 5.76 Å². The molecule has 0 saturated carbocycles. The minimum absolute atomic E-state index is 0.203. The van der Waals surface area contributed by atoms with Crippen LogP contribution in [0.5, 0.6) is 0 Å². The van der Waals surface area contributed by atoms with Gasteiger partial charge in [-0.1, -0.05) is 17.3 Å².